The lowest BCUT2D eigenvalue weighted by Crippen LogP contribution is -2.59. The van der Waals surface area contributed by atoms with Gasteiger partial charge in [0.25, 0.3) is 0 Å². The van der Waals surface area contributed by atoms with Crippen molar-refractivity contribution in [1.29, 1.82) is 0 Å². The van der Waals surface area contributed by atoms with Crippen LogP contribution in [0.1, 0.15) is 44.9 Å². The van der Waals surface area contributed by atoms with Gasteiger partial charge in [-0.3, -0.25) is 14.3 Å². The van der Waals surface area contributed by atoms with Crippen molar-refractivity contribution in [2.24, 2.45) is 5.92 Å². The lowest BCUT2D eigenvalue weighted by molar-refractivity contribution is 0.0867. The highest BCUT2D eigenvalue weighted by atomic mass is 19.2. The zero-order valence-corrected chi connectivity index (χ0v) is 25.4. The SMILES string of the molecule is Oc1cc(-c2ncc3c(N4CC5CCCC(C4)N5)nc(OCC4C5CCC(C5)N4CCCF)nc3c2F)c2c(F)c(F)ccc2c1. The number of halogens is 4. The van der Waals surface area contributed by atoms with Crippen LogP contribution in [0.3, 0.4) is 0 Å². The molecule has 5 heterocycles. The number of hydrogen-bond acceptors (Lipinski definition) is 8. The molecule has 12 heteroatoms. The number of likely N-dealkylation sites (tertiary alicyclic amines) is 1. The summed E-state index contributed by atoms with van der Waals surface area (Å²) in [7, 11) is 0. The average molecular weight is 637 g/mol. The molecular weight excluding hydrogens is 600 g/mol. The fraction of sp³-hybridized carbons (Fsp3) is 0.500. The minimum absolute atomic E-state index is 0.0217. The van der Waals surface area contributed by atoms with Crippen LogP contribution in [0.5, 0.6) is 11.8 Å². The van der Waals surface area contributed by atoms with E-state index in [1.165, 1.54) is 24.4 Å². The Hall–Kier alpha value is -3.77. The molecule has 4 bridgehead atoms. The largest absolute Gasteiger partial charge is 0.508 e. The summed E-state index contributed by atoms with van der Waals surface area (Å²) in [6.07, 6.45) is 8.40. The van der Waals surface area contributed by atoms with Gasteiger partial charge in [0, 0.05) is 60.9 Å². The summed E-state index contributed by atoms with van der Waals surface area (Å²) in [6.45, 7) is 1.95. The van der Waals surface area contributed by atoms with Gasteiger partial charge in [-0.2, -0.15) is 9.97 Å². The van der Waals surface area contributed by atoms with E-state index in [0.29, 0.717) is 55.8 Å². The van der Waals surface area contributed by atoms with Crippen LogP contribution in [0.4, 0.5) is 23.4 Å². The first kappa shape index (κ1) is 29.6. The molecule has 3 saturated heterocycles. The van der Waals surface area contributed by atoms with Gasteiger partial charge in [0.2, 0.25) is 0 Å². The molecule has 5 unspecified atom stereocenters. The van der Waals surface area contributed by atoms with Crippen LogP contribution in [0.15, 0.2) is 30.5 Å². The van der Waals surface area contributed by atoms with Crippen molar-refractivity contribution in [1.82, 2.24) is 25.2 Å². The highest BCUT2D eigenvalue weighted by Crippen LogP contribution is 2.43. The van der Waals surface area contributed by atoms with Crippen LogP contribution >= 0.6 is 0 Å². The molecule has 3 aliphatic heterocycles. The third-order valence-corrected chi connectivity index (χ3v) is 10.5. The number of nitrogens with one attached hydrogen (secondary N) is 1. The molecule has 1 saturated carbocycles. The van der Waals surface area contributed by atoms with Crippen LogP contribution in [0.25, 0.3) is 32.9 Å². The predicted molar refractivity (Wildman–Crippen MR) is 166 cm³/mol. The number of nitrogens with zero attached hydrogens (tertiary/aromatic N) is 5. The van der Waals surface area contributed by atoms with Gasteiger partial charge in [-0.05, 0) is 68.0 Å². The number of fused-ring (bicyclic) bond motifs is 6. The Bertz CT molecular complexity index is 1800. The average Bonchev–Trinajstić information content (AvgIpc) is 3.66. The first-order valence-corrected chi connectivity index (χ1v) is 16.3. The van der Waals surface area contributed by atoms with Crippen molar-refractivity contribution in [3.05, 3.63) is 47.9 Å². The minimum atomic E-state index is -1.16. The Morgan fingerprint density at radius 3 is 2.63 bits per heavy atom. The zero-order chi connectivity index (χ0) is 31.5. The van der Waals surface area contributed by atoms with Crippen molar-refractivity contribution < 1.29 is 27.4 Å². The first-order valence-electron chi connectivity index (χ1n) is 16.3. The van der Waals surface area contributed by atoms with E-state index < -0.39 is 17.5 Å². The topological polar surface area (TPSA) is 86.6 Å². The smallest absolute Gasteiger partial charge is 0.319 e. The zero-order valence-electron chi connectivity index (χ0n) is 25.4. The van der Waals surface area contributed by atoms with E-state index in [-0.39, 0.29) is 64.1 Å². The summed E-state index contributed by atoms with van der Waals surface area (Å²) in [5.74, 6) is -2.38. The van der Waals surface area contributed by atoms with Crippen molar-refractivity contribution >= 4 is 27.5 Å². The van der Waals surface area contributed by atoms with Crippen molar-refractivity contribution in [2.45, 2.75) is 69.1 Å². The van der Waals surface area contributed by atoms with E-state index >= 15 is 8.78 Å². The van der Waals surface area contributed by atoms with Crippen molar-refractivity contribution in [3.63, 3.8) is 0 Å². The maximum atomic E-state index is 16.7. The molecule has 46 heavy (non-hydrogen) atoms. The van der Waals surface area contributed by atoms with Gasteiger partial charge in [0.1, 0.15) is 29.4 Å². The van der Waals surface area contributed by atoms with E-state index in [2.05, 4.69) is 25.1 Å². The molecule has 4 fully saturated rings. The molecule has 2 aromatic heterocycles. The minimum Gasteiger partial charge on any atom is -0.508 e. The predicted octanol–water partition coefficient (Wildman–Crippen LogP) is 5.89. The summed E-state index contributed by atoms with van der Waals surface area (Å²) in [4.78, 5) is 18.2. The first-order chi connectivity index (χ1) is 22.4. The van der Waals surface area contributed by atoms with Crippen LogP contribution in [0, 0.1) is 23.4 Å². The van der Waals surface area contributed by atoms with Crippen LogP contribution < -0.4 is 15.0 Å². The molecule has 2 aromatic carbocycles. The second-order valence-electron chi connectivity index (χ2n) is 13.2. The number of piperidine rings is 2. The number of benzene rings is 2. The van der Waals surface area contributed by atoms with E-state index in [4.69, 9.17) is 9.72 Å². The highest BCUT2D eigenvalue weighted by molar-refractivity contribution is 6.00. The Morgan fingerprint density at radius 1 is 1.00 bits per heavy atom. The summed E-state index contributed by atoms with van der Waals surface area (Å²) in [6, 6.07) is 5.85. The quantitative estimate of drug-likeness (QED) is 0.232. The van der Waals surface area contributed by atoms with Gasteiger partial charge >= 0.3 is 6.01 Å². The number of aromatic hydroxyl groups is 1. The molecule has 0 amide bonds. The van der Waals surface area contributed by atoms with Crippen LogP contribution in [-0.4, -0.2) is 82.0 Å². The molecule has 5 atom stereocenters. The number of alkyl halides is 1. The second kappa shape index (κ2) is 11.8. The van der Waals surface area contributed by atoms with Crippen LogP contribution in [0.2, 0.25) is 0 Å². The summed E-state index contributed by atoms with van der Waals surface area (Å²) >= 11 is 0. The van der Waals surface area contributed by atoms with E-state index in [1.807, 2.05) is 0 Å². The third-order valence-electron chi connectivity index (χ3n) is 10.5. The number of phenolic OH excluding ortho intramolecular Hbond substituents is 1. The number of aromatic nitrogens is 3. The molecule has 2 N–H and O–H groups in total. The Kier molecular flexibility index (Phi) is 7.59. The lowest BCUT2D eigenvalue weighted by Gasteiger charge is -2.43. The van der Waals surface area contributed by atoms with Crippen molar-refractivity contribution in [2.75, 3.05) is 37.8 Å². The molecular formula is C34H36F4N6O2. The number of phenols is 1. The van der Waals surface area contributed by atoms with E-state index in [0.717, 1.165) is 44.6 Å². The fourth-order valence-electron chi connectivity index (χ4n) is 8.43. The van der Waals surface area contributed by atoms with Gasteiger partial charge in [-0.15, -0.1) is 0 Å². The maximum absolute atomic E-state index is 16.7. The molecule has 0 spiro atoms. The van der Waals surface area contributed by atoms with Gasteiger partial charge in [0.05, 0.1) is 12.1 Å². The summed E-state index contributed by atoms with van der Waals surface area (Å²) < 4.78 is 65.5. The summed E-state index contributed by atoms with van der Waals surface area (Å²) in [5.41, 5.74) is -0.406. The molecule has 8 rings (SSSR count). The monoisotopic (exact) mass is 636 g/mol. The second-order valence-corrected chi connectivity index (χ2v) is 13.2. The molecule has 0 radical (unpaired) electrons. The number of pyridine rings is 1. The van der Waals surface area contributed by atoms with Gasteiger partial charge < -0.3 is 20.1 Å². The molecule has 4 aromatic rings. The number of piperazine rings is 1. The standard InChI is InChI=1S/C34H36F4N6O2/c35-9-2-10-44-22-7-5-18(11-22)27(44)17-46-34-41-32-25(33(42-34)43-15-20-3-1-4-21(16-43)40-20)14-39-31(30(32)38)24-13-23(45)12-19-6-8-26(36)29(37)28(19)24/h6,8,12-14,18,20-22,27,40,45H,1-5,7,9-11,15-17H2. The molecule has 1 aliphatic carbocycles. The molecule has 242 valence electrons. The third kappa shape index (κ3) is 5.10. The van der Waals surface area contributed by atoms with Gasteiger partial charge in [-0.25, -0.2) is 13.2 Å². The highest BCUT2D eigenvalue weighted by Gasteiger charge is 2.45. The number of rotatable bonds is 8. The van der Waals surface area contributed by atoms with Gasteiger partial charge in [0.15, 0.2) is 17.5 Å². The van der Waals surface area contributed by atoms with E-state index in [9.17, 15) is 13.9 Å². The molecule has 4 aliphatic rings. The van der Waals surface area contributed by atoms with E-state index in [1.54, 1.807) is 0 Å². The Morgan fingerprint density at radius 2 is 1.83 bits per heavy atom. The summed E-state index contributed by atoms with van der Waals surface area (Å²) in [5, 5.41) is 14.5. The maximum Gasteiger partial charge on any atom is 0.319 e. The Labute approximate surface area is 263 Å². The normalized spacial score (nSPS) is 26.0. The number of ether oxygens (including phenoxy) is 1. The van der Waals surface area contributed by atoms with Gasteiger partial charge in [-0.1, -0.05) is 12.5 Å². The number of hydrogen-bond donors (Lipinski definition) is 2. The van der Waals surface area contributed by atoms with Crippen molar-refractivity contribution in [3.8, 4) is 23.0 Å². The number of anilines is 1. The van der Waals surface area contributed by atoms with Crippen LogP contribution in [-0.2, 0) is 0 Å². The lowest BCUT2D eigenvalue weighted by atomic mass is 9.94. The fourth-order valence-corrected chi connectivity index (χ4v) is 8.43. The molecule has 8 nitrogen and oxygen atoms in total. The Balaban J connectivity index is 1.22.